The molecular weight excluding hydrogens is 553 g/mol. The van der Waals surface area contributed by atoms with Gasteiger partial charge in [-0.3, -0.25) is 0 Å². The second-order valence-corrected chi connectivity index (χ2v) is 13.7. The molecular formula is C46H42. The summed E-state index contributed by atoms with van der Waals surface area (Å²) >= 11 is 0. The number of benzene rings is 7. The molecule has 7 aromatic carbocycles. The van der Waals surface area contributed by atoms with Crippen LogP contribution in [0.3, 0.4) is 0 Å². The minimum Gasteiger partial charge on any atom is -0.0651 e. The summed E-state index contributed by atoms with van der Waals surface area (Å²) in [5.41, 5.74) is 11.8. The zero-order valence-electron chi connectivity index (χ0n) is 27.4. The van der Waals surface area contributed by atoms with Crippen molar-refractivity contribution in [1.29, 1.82) is 0 Å². The van der Waals surface area contributed by atoms with Crippen LogP contribution in [0.15, 0.2) is 152 Å². The molecule has 0 nitrogen and oxygen atoms in total. The fourth-order valence-electron chi connectivity index (χ4n) is 7.33. The van der Waals surface area contributed by atoms with Crippen molar-refractivity contribution >= 4 is 21.5 Å². The van der Waals surface area contributed by atoms with E-state index in [9.17, 15) is 0 Å². The second-order valence-electron chi connectivity index (χ2n) is 13.7. The molecule has 0 aromatic heterocycles. The first-order valence-electron chi connectivity index (χ1n) is 16.7. The predicted octanol–water partition coefficient (Wildman–Crippen LogP) is 13.3. The van der Waals surface area contributed by atoms with E-state index in [1.807, 2.05) is 0 Å². The Labute approximate surface area is 274 Å². The molecule has 0 N–H and O–H groups in total. The average molecular weight is 595 g/mol. The van der Waals surface area contributed by atoms with Crippen LogP contribution in [0.2, 0.25) is 0 Å². The highest BCUT2D eigenvalue weighted by molar-refractivity contribution is 6.22. The van der Waals surface area contributed by atoms with Crippen molar-refractivity contribution in [2.75, 3.05) is 0 Å². The van der Waals surface area contributed by atoms with E-state index in [-0.39, 0.29) is 5.41 Å². The Morgan fingerprint density at radius 3 is 1.33 bits per heavy atom. The molecule has 0 aliphatic rings. The van der Waals surface area contributed by atoms with E-state index in [0.717, 1.165) is 12.8 Å². The van der Waals surface area contributed by atoms with Crippen LogP contribution in [0, 0.1) is 11.3 Å². The van der Waals surface area contributed by atoms with Gasteiger partial charge >= 0.3 is 0 Å². The fraction of sp³-hybridized carbons (Fsp3) is 0.174. The molecule has 0 bridgehead atoms. The van der Waals surface area contributed by atoms with Gasteiger partial charge in [0.2, 0.25) is 0 Å². The molecule has 46 heavy (non-hydrogen) atoms. The summed E-state index contributed by atoms with van der Waals surface area (Å²) in [6.45, 7) is 9.53. The summed E-state index contributed by atoms with van der Waals surface area (Å²) in [5.74, 6) is 0.575. The molecule has 7 aromatic rings. The van der Waals surface area contributed by atoms with Gasteiger partial charge in [0.15, 0.2) is 0 Å². The maximum Gasteiger partial charge on any atom is -0.00236 e. The van der Waals surface area contributed by atoms with Gasteiger partial charge in [-0.25, -0.2) is 0 Å². The summed E-state index contributed by atoms with van der Waals surface area (Å²) < 4.78 is 0. The molecule has 0 aliphatic carbocycles. The van der Waals surface area contributed by atoms with Gasteiger partial charge in [0, 0.05) is 0 Å². The van der Waals surface area contributed by atoms with E-state index in [2.05, 4.69) is 179 Å². The Morgan fingerprint density at radius 2 is 0.826 bits per heavy atom. The third-order valence-corrected chi connectivity index (χ3v) is 9.88. The van der Waals surface area contributed by atoms with Crippen LogP contribution in [-0.4, -0.2) is 0 Å². The molecule has 0 saturated carbocycles. The van der Waals surface area contributed by atoms with Gasteiger partial charge in [-0.1, -0.05) is 186 Å². The van der Waals surface area contributed by atoms with Crippen molar-refractivity contribution < 1.29 is 0 Å². The van der Waals surface area contributed by atoms with Crippen LogP contribution in [0.5, 0.6) is 0 Å². The highest BCUT2D eigenvalue weighted by atomic mass is 14.3. The monoisotopic (exact) mass is 594 g/mol. The number of rotatable bonds is 7. The Balaban J connectivity index is 1.49. The molecule has 0 radical (unpaired) electrons. The maximum atomic E-state index is 2.39. The molecule has 0 spiro atoms. The molecule has 0 saturated heterocycles. The van der Waals surface area contributed by atoms with Crippen LogP contribution in [0.1, 0.15) is 39.7 Å². The molecule has 0 fully saturated rings. The fourth-order valence-corrected chi connectivity index (χ4v) is 7.33. The number of hydrogen-bond acceptors (Lipinski definition) is 0. The standard InChI is InChI=1S/C46H42/c1-5-39(46(2,3)4)31-38-19-14-22-42-43(36-27-23-34(24-28-36)32-15-8-6-9-16-32)40-20-12-13-21-41(40)44(45(38)42)37-29-25-35(26-30-37)33-17-10-7-11-18-33/h6-30,39H,5,31H2,1-4H3. The summed E-state index contributed by atoms with van der Waals surface area (Å²) in [5, 5.41) is 5.32. The lowest BCUT2D eigenvalue weighted by atomic mass is 9.74. The van der Waals surface area contributed by atoms with E-state index in [1.165, 1.54) is 71.6 Å². The molecule has 7 rings (SSSR count). The maximum absolute atomic E-state index is 2.39. The highest BCUT2D eigenvalue weighted by Crippen LogP contribution is 2.46. The largest absolute Gasteiger partial charge is 0.0651 e. The average Bonchev–Trinajstić information content (AvgIpc) is 3.10. The molecule has 0 aliphatic heterocycles. The van der Waals surface area contributed by atoms with Gasteiger partial charge in [-0.2, -0.15) is 0 Å². The topological polar surface area (TPSA) is 0 Å². The third kappa shape index (κ3) is 5.65. The lowest BCUT2D eigenvalue weighted by molar-refractivity contribution is 0.232. The molecule has 0 heterocycles. The third-order valence-electron chi connectivity index (χ3n) is 9.88. The van der Waals surface area contributed by atoms with Gasteiger partial charge < -0.3 is 0 Å². The highest BCUT2D eigenvalue weighted by Gasteiger charge is 2.26. The minimum atomic E-state index is 0.224. The first-order valence-corrected chi connectivity index (χ1v) is 16.7. The van der Waals surface area contributed by atoms with E-state index in [1.54, 1.807) is 0 Å². The van der Waals surface area contributed by atoms with Crippen molar-refractivity contribution in [3.8, 4) is 44.5 Å². The zero-order chi connectivity index (χ0) is 31.7. The first-order chi connectivity index (χ1) is 22.4. The predicted molar refractivity (Wildman–Crippen MR) is 200 cm³/mol. The molecule has 226 valence electrons. The molecule has 0 heteroatoms. The zero-order valence-corrected chi connectivity index (χ0v) is 27.4. The lowest BCUT2D eigenvalue weighted by Crippen LogP contribution is -2.22. The number of fused-ring (bicyclic) bond motifs is 2. The SMILES string of the molecule is CCC(Cc1cccc2c(-c3ccc(-c4ccccc4)cc3)c3ccccc3c(-c3ccc(-c4ccccc4)cc3)c12)C(C)(C)C. The summed E-state index contributed by atoms with van der Waals surface area (Å²) in [4.78, 5) is 0. The van der Waals surface area contributed by atoms with Gasteiger partial charge in [0.05, 0.1) is 0 Å². The van der Waals surface area contributed by atoms with Crippen LogP contribution >= 0.6 is 0 Å². The van der Waals surface area contributed by atoms with Crippen molar-refractivity contribution in [3.63, 3.8) is 0 Å². The smallest absolute Gasteiger partial charge is 0.00236 e. The summed E-state index contributed by atoms with van der Waals surface area (Å²) in [7, 11) is 0. The van der Waals surface area contributed by atoms with Crippen molar-refractivity contribution in [1.82, 2.24) is 0 Å². The van der Waals surface area contributed by atoms with Crippen LogP contribution in [-0.2, 0) is 6.42 Å². The van der Waals surface area contributed by atoms with Gasteiger partial charge in [0.1, 0.15) is 0 Å². The van der Waals surface area contributed by atoms with Crippen LogP contribution in [0.4, 0.5) is 0 Å². The van der Waals surface area contributed by atoms with Crippen molar-refractivity contribution in [2.24, 2.45) is 11.3 Å². The Hall–Kier alpha value is -4.94. The van der Waals surface area contributed by atoms with Gasteiger partial charge in [0.25, 0.3) is 0 Å². The Bertz CT molecular complexity index is 2090. The van der Waals surface area contributed by atoms with Crippen molar-refractivity contribution in [2.45, 2.75) is 40.5 Å². The van der Waals surface area contributed by atoms with Gasteiger partial charge in [-0.15, -0.1) is 0 Å². The molecule has 0 amide bonds. The Kier molecular flexibility index (Phi) is 8.05. The summed E-state index contributed by atoms with van der Waals surface area (Å²) in [6, 6.07) is 55.8. The lowest BCUT2D eigenvalue weighted by Gasteiger charge is -2.31. The second kappa shape index (κ2) is 12.5. The van der Waals surface area contributed by atoms with Gasteiger partial charge in [-0.05, 0) is 89.4 Å². The first kappa shape index (κ1) is 29.8. The summed E-state index contributed by atoms with van der Waals surface area (Å²) in [6.07, 6.45) is 2.21. The van der Waals surface area contributed by atoms with E-state index in [4.69, 9.17) is 0 Å². The quantitative estimate of drug-likeness (QED) is 0.161. The van der Waals surface area contributed by atoms with Crippen LogP contribution in [0.25, 0.3) is 66.1 Å². The Morgan fingerprint density at radius 1 is 0.413 bits per heavy atom. The van der Waals surface area contributed by atoms with E-state index in [0.29, 0.717) is 5.92 Å². The van der Waals surface area contributed by atoms with E-state index < -0.39 is 0 Å². The van der Waals surface area contributed by atoms with E-state index >= 15 is 0 Å². The molecule has 1 unspecified atom stereocenters. The van der Waals surface area contributed by atoms with Crippen molar-refractivity contribution in [3.05, 3.63) is 157 Å². The normalized spacial score (nSPS) is 12.4. The van der Waals surface area contributed by atoms with Crippen LogP contribution < -0.4 is 0 Å². The molecule has 1 atom stereocenters. The minimum absolute atomic E-state index is 0.224. The number of hydrogen-bond donors (Lipinski definition) is 0.